The van der Waals surface area contributed by atoms with Gasteiger partial charge in [0.25, 0.3) is 0 Å². The lowest BCUT2D eigenvalue weighted by molar-refractivity contribution is 0.0993. The van der Waals surface area contributed by atoms with Crippen molar-refractivity contribution in [1.29, 1.82) is 0 Å². The van der Waals surface area contributed by atoms with Crippen molar-refractivity contribution in [2.45, 2.75) is 26.3 Å². The molecule has 0 bridgehead atoms. The van der Waals surface area contributed by atoms with Gasteiger partial charge in [0.05, 0.1) is 11.8 Å². The topological polar surface area (TPSA) is 34.9 Å². The molecular weight excluding hydrogens is 267 g/mol. The van der Waals surface area contributed by atoms with E-state index in [0.717, 1.165) is 13.0 Å². The largest absolute Gasteiger partial charge is 0.294 e. The van der Waals surface area contributed by atoms with Crippen LogP contribution in [0, 0.1) is 5.82 Å². The van der Waals surface area contributed by atoms with Crippen molar-refractivity contribution in [3.8, 4) is 0 Å². The van der Waals surface area contributed by atoms with E-state index in [1.807, 2.05) is 6.92 Å². The van der Waals surface area contributed by atoms with Gasteiger partial charge < -0.3 is 0 Å². The molecule has 0 unspecified atom stereocenters. The Bertz CT molecular complexity index is 595. The Morgan fingerprint density at radius 3 is 2.95 bits per heavy atom. The molecule has 0 aliphatic rings. The van der Waals surface area contributed by atoms with Crippen molar-refractivity contribution in [3.05, 3.63) is 52.6 Å². The van der Waals surface area contributed by atoms with Gasteiger partial charge in [0, 0.05) is 24.2 Å². The highest BCUT2D eigenvalue weighted by Crippen LogP contribution is 2.19. The fourth-order valence-electron chi connectivity index (χ4n) is 1.80. The lowest BCUT2D eigenvalue weighted by Gasteiger charge is -2.02. The molecule has 0 aliphatic carbocycles. The van der Waals surface area contributed by atoms with E-state index in [2.05, 4.69) is 5.10 Å². The molecule has 0 fully saturated rings. The van der Waals surface area contributed by atoms with E-state index in [1.165, 1.54) is 18.2 Å². The number of carbonyl (C=O) groups is 1. The van der Waals surface area contributed by atoms with Gasteiger partial charge >= 0.3 is 0 Å². The Hall–Kier alpha value is -1.68. The number of aryl methyl sites for hydroxylation is 1. The van der Waals surface area contributed by atoms with Crippen LogP contribution in [0.4, 0.5) is 4.39 Å². The van der Waals surface area contributed by atoms with Crippen LogP contribution in [0.1, 0.15) is 29.3 Å². The van der Waals surface area contributed by atoms with Gasteiger partial charge in [0.15, 0.2) is 5.78 Å². The van der Waals surface area contributed by atoms with E-state index in [4.69, 9.17) is 11.6 Å². The first-order chi connectivity index (χ1) is 9.10. The molecule has 1 heterocycles. The minimum Gasteiger partial charge on any atom is -0.294 e. The van der Waals surface area contributed by atoms with Gasteiger partial charge in [-0.1, -0.05) is 24.6 Å². The molecule has 0 saturated heterocycles. The molecule has 2 aromatic rings. The summed E-state index contributed by atoms with van der Waals surface area (Å²) in [5.41, 5.74) is 1.17. The molecule has 0 amide bonds. The summed E-state index contributed by atoms with van der Waals surface area (Å²) in [6, 6.07) is 4.05. The normalized spacial score (nSPS) is 10.7. The summed E-state index contributed by atoms with van der Waals surface area (Å²) in [7, 11) is 0. The van der Waals surface area contributed by atoms with Gasteiger partial charge in [0.2, 0.25) is 0 Å². The minimum absolute atomic E-state index is 0.0733. The van der Waals surface area contributed by atoms with Gasteiger partial charge in [-0.2, -0.15) is 5.10 Å². The van der Waals surface area contributed by atoms with Crippen LogP contribution in [0.2, 0.25) is 5.02 Å². The Morgan fingerprint density at radius 2 is 2.26 bits per heavy atom. The number of Topliss-reactive ketones (excluding diaryl/α,β-unsaturated/α-hetero) is 1. The van der Waals surface area contributed by atoms with Gasteiger partial charge in [0.1, 0.15) is 5.82 Å². The molecule has 0 spiro atoms. The third-order valence-corrected chi connectivity index (χ3v) is 3.13. The summed E-state index contributed by atoms with van der Waals surface area (Å²) in [4.78, 5) is 12.1. The average molecular weight is 281 g/mol. The van der Waals surface area contributed by atoms with Gasteiger partial charge in [-0.3, -0.25) is 9.48 Å². The molecule has 5 heteroatoms. The zero-order valence-electron chi connectivity index (χ0n) is 10.6. The SMILES string of the molecule is CCCn1cc(C(=O)Cc2ccc(F)cc2Cl)cn1. The second-order valence-corrected chi connectivity index (χ2v) is 4.73. The highest BCUT2D eigenvalue weighted by molar-refractivity contribution is 6.31. The highest BCUT2D eigenvalue weighted by Gasteiger charge is 2.12. The highest BCUT2D eigenvalue weighted by atomic mass is 35.5. The summed E-state index contributed by atoms with van der Waals surface area (Å²) < 4.78 is 14.6. The zero-order chi connectivity index (χ0) is 13.8. The van der Waals surface area contributed by atoms with Crippen molar-refractivity contribution in [1.82, 2.24) is 9.78 Å². The van der Waals surface area contributed by atoms with Crippen LogP contribution in [-0.2, 0) is 13.0 Å². The number of hydrogen-bond acceptors (Lipinski definition) is 2. The molecule has 1 aromatic heterocycles. The number of ketones is 1. The van der Waals surface area contributed by atoms with Crippen LogP contribution in [0.5, 0.6) is 0 Å². The number of benzene rings is 1. The summed E-state index contributed by atoms with van der Waals surface area (Å²) in [5.74, 6) is -0.479. The number of hydrogen-bond donors (Lipinski definition) is 0. The van der Waals surface area contributed by atoms with Crippen LogP contribution >= 0.6 is 11.6 Å². The molecule has 0 atom stereocenters. The quantitative estimate of drug-likeness (QED) is 0.786. The van der Waals surface area contributed by atoms with E-state index in [0.29, 0.717) is 11.1 Å². The smallest absolute Gasteiger partial charge is 0.170 e. The standard InChI is InChI=1S/C14H14ClFN2O/c1-2-5-18-9-11(8-17-18)14(19)6-10-3-4-12(16)7-13(10)15/h3-4,7-9H,2,5-6H2,1H3. The molecule has 0 aliphatic heterocycles. The summed E-state index contributed by atoms with van der Waals surface area (Å²) in [6.45, 7) is 2.83. The summed E-state index contributed by atoms with van der Waals surface area (Å²) in [6.07, 6.45) is 4.38. The third-order valence-electron chi connectivity index (χ3n) is 2.77. The van der Waals surface area contributed by atoms with Gasteiger partial charge in [-0.15, -0.1) is 0 Å². The van der Waals surface area contributed by atoms with Crippen molar-refractivity contribution < 1.29 is 9.18 Å². The zero-order valence-corrected chi connectivity index (χ0v) is 11.3. The molecular formula is C14H14ClFN2O. The predicted molar refractivity (Wildman–Crippen MR) is 72.0 cm³/mol. The van der Waals surface area contributed by atoms with E-state index >= 15 is 0 Å². The molecule has 3 nitrogen and oxygen atoms in total. The first-order valence-corrected chi connectivity index (χ1v) is 6.47. The second-order valence-electron chi connectivity index (χ2n) is 4.33. The maximum Gasteiger partial charge on any atom is 0.170 e. The Labute approximate surface area is 116 Å². The predicted octanol–water partition coefficient (Wildman–Crippen LogP) is 3.51. The minimum atomic E-state index is -0.406. The Balaban J connectivity index is 2.11. The first kappa shape index (κ1) is 13.7. The van der Waals surface area contributed by atoms with E-state index in [9.17, 15) is 9.18 Å². The van der Waals surface area contributed by atoms with Gasteiger partial charge in [-0.25, -0.2) is 4.39 Å². The third kappa shape index (κ3) is 3.41. The molecule has 0 N–H and O–H groups in total. The molecule has 2 rings (SSSR count). The number of nitrogens with zero attached hydrogens (tertiary/aromatic N) is 2. The molecule has 19 heavy (non-hydrogen) atoms. The Kier molecular flexibility index (Phi) is 4.32. The van der Waals surface area contributed by atoms with Crippen LogP contribution in [0.3, 0.4) is 0 Å². The van der Waals surface area contributed by atoms with Crippen LogP contribution in [0.25, 0.3) is 0 Å². The van der Waals surface area contributed by atoms with Crippen LogP contribution in [0.15, 0.2) is 30.6 Å². The molecule has 1 aromatic carbocycles. The van der Waals surface area contributed by atoms with Crippen LogP contribution in [-0.4, -0.2) is 15.6 Å². The monoisotopic (exact) mass is 280 g/mol. The number of aromatic nitrogens is 2. The van der Waals surface area contributed by atoms with Crippen molar-refractivity contribution in [2.75, 3.05) is 0 Å². The number of carbonyl (C=O) groups excluding carboxylic acids is 1. The maximum atomic E-state index is 12.9. The van der Waals surface area contributed by atoms with E-state index in [-0.39, 0.29) is 17.2 Å². The second kappa shape index (κ2) is 5.97. The molecule has 100 valence electrons. The fraction of sp³-hybridized carbons (Fsp3) is 0.286. The fourth-order valence-corrected chi connectivity index (χ4v) is 2.03. The van der Waals surface area contributed by atoms with E-state index < -0.39 is 5.82 Å². The lowest BCUT2D eigenvalue weighted by atomic mass is 10.1. The summed E-state index contributed by atoms with van der Waals surface area (Å²) >= 11 is 5.90. The average Bonchev–Trinajstić information content (AvgIpc) is 2.82. The lowest BCUT2D eigenvalue weighted by Crippen LogP contribution is -2.03. The van der Waals surface area contributed by atoms with Crippen molar-refractivity contribution in [2.24, 2.45) is 0 Å². The van der Waals surface area contributed by atoms with Crippen molar-refractivity contribution >= 4 is 17.4 Å². The number of rotatable bonds is 5. The van der Waals surface area contributed by atoms with Crippen molar-refractivity contribution in [3.63, 3.8) is 0 Å². The van der Waals surface area contributed by atoms with Crippen LogP contribution < -0.4 is 0 Å². The van der Waals surface area contributed by atoms with Gasteiger partial charge in [-0.05, 0) is 24.1 Å². The molecule has 0 saturated carbocycles. The maximum absolute atomic E-state index is 12.9. The Morgan fingerprint density at radius 1 is 1.47 bits per heavy atom. The van der Waals surface area contributed by atoms with E-state index in [1.54, 1.807) is 17.1 Å². The first-order valence-electron chi connectivity index (χ1n) is 6.09. The summed E-state index contributed by atoms with van der Waals surface area (Å²) in [5, 5.41) is 4.38. The number of halogens is 2. The molecule has 0 radical (unpaired) electrons.